The molecule has 0 radical (unpaired) electrons. The lowest BCUT2D eigenvalue weighted by molar-refractivity contribution is -0.137. The molecule has 15 heteroatoms. The number of carbonyl (C=O) groups is 2. The number of nitrogen functional groups attached to an aromatic ring is 1. The zero-order valence-corrected chi connectivity index (χ0v) is 22.1. The van der Waals surface area contributed by atoms with Crippen LogP contribution >= 0.6 is 0 Å². The predicted octanol–water partition coefficient (Wildman–Crippen LogP) is 5.22. The number of alkyl halides is 3. The summed E-state index contributed by atoms with van der Waals surface area (Å²) in [6, 6.07) is 0.785. The van der Waals surface area contributed by atoms with Crippen LogP contribution in [0.25, 0.3) is 17.0 Å². The lowest BCUT2D eigenvalue weighted by atomic mass is 9.75. The van der Waals surface area contributed by atoms with Gasteiger partial charge in [0.05, 0.1) is 23.4 Å². The number of fused-ring (bicyclic) bond motifs is 1. The first-order chi connectivity index (χ1) is 19.9. The number of halogens is 4. The quantitative estimate of drug-likeness (QED) is 0.206. The summed E-state index contributed by atoms with van der Waals surface area (Å²) in [6.07, 6.45) is 4.72. The Kier molecular flexibility index (Phi) is 7.18. The zero-order valence-electron chi connectivity index (χ0n) is 22.1. The molecule has 1 aromatic carbocycles. The van der Waals surface area contributed by atoms with Crippen molar-refractivity contribution in [1.29, 1.82) is 0 Å². The molecule has 42 heavy (non-hydrogen) atoms. The minimum absolute atomic E-state index is 0.0222. The van der Waals surface area contributed by atoms with E-state index in [0.717, 1.165) is 0 Å². The van der Waals surface area contributed by atoms with Gasteiger partial charge in [-0.2, -0.15) is 18.3 Å². The molecule has 0 fully saturated rings. The topological polar surface area (TPSA) is 150 Å². The highest BCUT2D eigenvalue weighted by Gasteiger charge is 2.35. The highest BCUT2D eigenvalue weighted by Crippen LogP contribution is 2.43. The molecule has 1 aliphatic rings. The molecule has 1 atom stereocenters. The maximum absolute atomic E-state index is 14.1. The first kappa shape index (κ1) is 28.3. The third kappa shape index (κ3) is 5.40. The van der Waals surface area contributed by atoms with E-state index in [2.05, 4.69) is 25.7 Å². The van der Waals surface area contributed by atoms with Gasteiger partial charge in [-0.1, -0.05) is 19.1 Å². The van der Waals surface area contributed by atoms with Crippen molar-refractivity contribution in [2.45, 2.75) is 31.9 Å². The summed E-state index contributed by atoms with van der Waals surface area (Å²) in [4.78, 5) is 33.0. The number of carbonyl (C=O) groups excluding carboxylic acids is 2. The number of hydrogen-bond acceptors (Lipinski definition) is 8. The van der Waals surface area contributed by atoms with Crippen molar-refractivity contribution in [3.05, 3.63) is 83.5 Å². The number of oxazole rings is 1. The standard InChI is InChI=1S/C27H23F4N7O4/c1-3-41-24(39)19-12-42-23(36-19)16-11-38-21(22(32)33-13-34-38)20(16)26(2)8-6-15(7-9-26)35-25(40)37-18-10-14(27(29,30)31)4-5-17(18)28/h4-8,10-13H,3,9H2,1-2H3,(H2,32,33,34)(H2,35,37,40). The van der Waals surface area contributed by atoms with Crippen LogP contribution in [0.3, 0.4) is 0 Å². The predicted molar refractivity (Wildman–Crippen MR) is 142 cm³/mol. The van der Waals surface area contributed by atoms with Crippen molar-refractivity contribution in [1.82, 2.24) is 24.9 Å². The van der Waals surface area contributed by atoms with Crippen molar-refractivity contribution in [3.8, 4) is 11.5 Å². The fourth-order valence-corrected chi connectivity index (χ4v) is 4.56. The van der Waals surface area contributed by atoms with Crippen LogP contribution in [0.2, 0.25) is 0 Å². The van der Waals surface area contributed by atoms with Gasteiger partial charge in [0.1, 0.15) is 23.9 Å². The SMILES string of the molecule is CCOC(=O)c1coc(-c2cn3ncnc(N)c3c2C2(C)C=CC(NC(=O)Nc3cc(C(F)(F)F)ccc3F)=CC2)n1. The number of nitrogens with two attached hydrogens (primary N) is 1. The molecule has 11 nitrogen and oxygen atoms in total. The monoisotopic (exact) mass is 585 g/mol. The number of esters is 1. The molecule has 218 valence electrons. The molecule has 2 amide bonds. The summed E-state index contributed by atoms with van der Waals surface area (Å²) >= 11 is 0. The van der Waals surface area contributed by atoms with E-state index in [1.54, 1.807) is 31.3 Å². The highest BCUT2D eigenvalue weighted by molar-refractivity contribution is 5.91. The van der Waals surface area contributed by atoms with Crippen LogP contribution in [-0.2, 0) is 16.3 Å². The Morgan fingerprint density at radius 1 is 1.26 bits per heavy atom. The highest BCUT2D eigenvalue weighted by atomic mass is 19.4. The number of nitrogens with zero attached hydrogens (tertiary/aromatic N) is 4. The molecule has 3 aromatic heterocycles. The Morgan fingerprint density at radius 3 is 2.74 bits per heavy atom. The summed E-state index contributed by atoms with van der Waals surface area (Å²) in [5, 5.41) is 8.83. The smallest absolute Gasteiger partial charge is 0.416 e. The van der Waals surface area contributed by atoms with Gasteiger partial charge in [0.2, 0.25) is 5.89 Å². The molecule has 5 rings (SSSR count). The number of nitrogens with one attached hydrogen (secondary N) is 2. The van der Waals surface area contributed by atoms with Gasteiger partial charge in [-0.05, 0) is 37.6 Å². The fourth-order valence-electron chi connectivity index (χ4n) is 4.56. The van der Waals surface area contributed by atoms with E-state index in [0.29, 0.717) is 47.0 Å². The normalized spacial score (nSPS) is 16.8. The van der Waals surface area contributed by atoms with Crippen LogP contribution in [0.5, 0.6) is 0 Å². The van der Waals surface area contributed by atoms with Crippen LogP contribution in [0.15, 0.2) is 65.3 Å². The molecule has 0 spiro atoms. The van der Waals surface area contributed by atoms with E-state index in [9.17, 15) is 27.2 Å². The van der Waals surface area contributed by atoms with Gasteiger partial charge >= 0.3 is 18.2 Å². The molecule has 4 N–H and O–H groups in total. The number of benzene rings is 1. The molecule has 0 saturated heterocycles. The van der Waals surface area contributed by atoms with E-state index in [1.807, 2.05) is 6.92 Å². The Morgan fingerprint density at radius 2 is 2.05 bits per heavy atom. The van der Waals surface area contributed by atoms with Crippen LogP contribution < -0.4 is 16.4 Å². The molecule has 4 aromatic rings. The van der Waals surface area contributed by atoms with Crippen molar-refractivity contribution < 1.29 is 36.3 Å². The minimum Gasteiger partial charge on any atom is -0.461 e. The summed E-state index contributed by atoms with van der Waals surface area (Å²) in [6.45, 7) is 3.71. The summed E-state index contributed by atoms with van der Waals surface area (Å²) in [5.74, 6) is -1.39. The lowest BCUT2D eigenvalue weighted by Gasteiger charge is -2.29. The Labute approximate surface area is 235 Å². The van der Waals surface area contributed by atoms with E-state index in [4.69, 9.17) is 14.9 Å². The molecule has 0 aliphatic heterocycles. The first-order valence-corrected chi connectivity index (χ1v) is 12.5. The van der Waals surface area contributed by atoms with Gasteiger partial charge in [-0.3, -0.25) is 0 Å². The van der Waals surface area contributed by atoms with Crippen molar-refractivity contribution >= 4 is 29.0 Å². The summed E-state index contributed by atoms with van der Waals surface area (Å²) in [7, 11) is 0. The third-order valence-electron chi connectivity index (χ3n) is 6.57. The Bertz CT molecular complexity index is 1760. The number of aromatic nitrogens is 4. The minimum atomic E-state index is -4.71. The second-order valence-electron chi connectivity index (χ2n) is 9.50. The van der Waals surface area contributed by atoms with Gasteiger partial charge in [0, 0.05) is 22.9 Å². The maximum Gasteiger partial charge on any atom is 0.416 e. The second kappa shape index (κ2) is 10.6. The Hall–Kier alpha value is -5.21. The van der Waals surface area contributed by atoms with Gasteiger partial charge in [-0.25, -0.2) is 28.5 Å². The average Bonchev–Trinajstić information content (AvgIpc) is 3.57. The number of amides is 2. The summed E-state index contributed by atoms with van der Waals surface area (Å²) < 4.78 is 65.2. The van der Waals surface area contributed by atoms with E-state index < -0.39 is 40.7 Å². The average molecular weight is 586 g/mol. The van der Waals surface area contributed by atoms with Crippen molar-refractivity contribution in [3.63, 3.8) is 0 Å². The van der Waals surface area contributed by atoms with Gasteiger partial charge < -0.3 is 25.5 Å². The van der Waals surface area contributed by atoms with Crippen LogP contribution in [-0.4, -0.2) is 38.2 Å². The molecule has 0 saturated carbocycles. The molecular weight excluding hydrogens is 562 g/mol. The zero-order chi connectivity index (χ0) is 30.2. The van der Waals surface area contributed by atoms with Crippen molar-refractivity contribution in [2.24, 2.45) is 0 Å². The lowest BCUT2D eigenvalue weighted by Crippen LogP contribution is -2.30. The number of ether oxygens (including phenoxy) is 1. The fraction of sp³-hybridized carbons (Fsp3) is 0.222. The van der Waals surface area contributed by atoms with Crippen LogP contribution in [0.1, 0.15) is 41.9 Å². The number of hydrogen-bond donors (Lipinski definition) is 3. The van der Waals surface area contributed by atoms with Crippen LogP contribution in [0.4, 0.5) is 33.9 Å². The molecule has 1 unspecified atom stereocenters. The van der Waals surface area contributed by atoms with Crippen molar-refractivity contribution in [2.75, 3.05) is 17.7 Å². The molecule has 3 heterocycles. The largest absolute Gasteiger partial charge is 0.461 e. The number of urea groups is 1. The maximum atomic E-state index is 14.1. The third-order valence-corrected chi connectivity index (χ3v) is 6.57. The van der Waals surface area contributed by atoms with Crippen LogP contribution in [0, 0.1) is 5.82 Å². The van der Waals surface area contributed by atoms with E-state index >= 15 is 0 Å². The summed E-state index contributed by atoms with van der Waals surface area (Å²) in [5.41, 5.74) is 5.57. The van der Waals surface area contributed by atoms with E-state index in [1.165, 1.54) is 17.1 Å². The van der Waals surface area contributed by atoms with Gasteiger partial charge in [0.25, 0.3) is 0 Å². The Balaban J connectivity index is 1.41. The number of anilines is 2. The number of rotatable bonds is 6. The molecule has 0 bridgehead atoms. The van der Waals surface area contributed by atoms with E-state index in [-0.39, 0.29) is 24.0 Å². The first-order valence-electron chi connectivity index (χ1n) is 12.5. The van der Waals surface area contributed by atoms with Gasteiger partial charge in [0.15, 0.2) is 11.5 Å². The molecule has 1 aliphatic carbocycles. The molecular formula is C27H23F4N7O4. The number of allylic oxidation sites excluding steroid dienone is 3. The second-order valence-corrected chi connectivity index (χ2v) is 9.50. The van der Waals surface area contributed by atoms with Gasteiger partial charge in [-0.15, -0.1) is 0 Å².